The Hall–Kier alpha value is -2.10. The molecule has 3 aromatic rings. The molecule has 1 heterocycles. The van der Waals surface area contributed by atoms with Crippen molar-refractivity contribution < 1.29 is 28.5 Å². The molecular weight excluding hydrogens is 422 g/mol. The van der Waals surface area contributed by atoms with Crippen LogP contribution < -0.4 is 0 Å². The fraction of sp³-hybridized carbons (Fsp3) is 0.462. The maximum absolute atomic E-state index is 6.07. The van der Waals surface area contributed by atoms with E-state index < -0.39 is 0 Å². The van der Waals surface area contributed by atoms with E-state index in [9.17, 15) is 0 Å². The fourth-order valence-corrected chi connectivity index (χ4v) is 3.85. The van der Waals surface area contributed by atoms with Crippen LogP contribution in [0.15, 0.2) is 54.6 Å². The molecule has 4 rings (SSSR count). The van der Waals surface area contributed by atoms with E-state index in [-0.39, 0.29) is 0 Å². The minimum Gasteiger partial charge on any atom is -0.377 e. The van der Waals surface area contributed by atoms with Gasteiger partial charge in [-0.3, -0.25) is 4.84 Å². The second-order valence-electron chi connectivity index (χ2n) is 7.76. The Morgan fingerprint density at radius 2 is 1.00 bits per heavy atom. The molecule has 0 radical (unpaired) electrons. The van der Waals surface area contributed by atoms with Crippen LogP contribution in [0.2, 0.25) is 0 Å². The van der Waals surface area contributed by atoms with Gasteiger partial charge in [0.25, 0.3) is 0 Å². The summed E-state index contributed by atoms with van der Waals surface area (Å²) in [7, 11) is 0. The number of fused-ring (bicyclic) bond motifs is 2. The number of benzene rings is 3. The molecule has 0 spiro atoms. The van der Waals surface area contributed by atoms with Crippen molar-refractivity contribution in [3.63, 3.8) is 0 Å². The summed E-state index contributed by atoms with van der Waals surface area (Å²) in [5.41, 5.74) is 1.22. The number of hydrogen-bond acceptors (Lipinski definition) is 7. The largest absolute Gasteiger partial charge is 0.377 e. The zero-order valence-corrected chi connectivity index (χ0v) is 19.1. The normalized spacial score (nSPS) is 19.3. The Morgan fingerprint density at radius 1 is 0.545 bits per heavy atom. The molecule has 178 valence electrons. The Labute approximate surface area is 195 Å². The fourth-order valence-electron chi connectivity index (χ4n) is 3.85. The first-order valence-electron chi connectivity index (χ1n) is 11.6. The van der Waals surface area contributed by atoms with E-state index in [4.69, 9.17) is 28.5 Å². The van der Waals surface area contributed by atoms with E-state index in [0.29, 0.717) is 79.3 Å². The first-order chi connectivity index (χ1) is 16.4. The third kappa shape index (κ3) is 7.45. The lowest BCUT2D eigenvalue weighted by atomic mass is 9.97. The monoisotopic (exact) mass is 455 g/mol. The van der Waals surface area contributed by atoms with Gasteiger partial charge in [0, 0.05) is 0 Å². The molecule has 0 aromatic heterocycles. The predicted octanol–water partition coefficient (Wildman–Crippen LogP) is 3.78. The number of nitrogens with zero attached hydrogens (tertiary/aromatic N) is 1. The molecule has 0 amide bonds. The molecule has 7 nitrogen and oxygen atoms in total. The van der Waals surface area contributed by atoms with Crippen LogP contribution in [0.25, 0.3) is 21.5 Å². The van der Waals surface area contributed by atoms with Crippen LogP contribution in [-0.4, -0.2) is 77.9 Å². The lowest BCUT2D eigenvalue weighted by Gasteiger charge is -2.24. The summed E-state index contributed by atoms with van der Waals surface area (Å²) in [4.78, 5) is 6.07. The van der Waals surface area contributed by atoms with Crippen LogP contribution in [0.3, 0.4) is 0 Å². The third-order valence-corrected chi connectivity index (χ3v) is 5.44. The highest BCUT2D eigenvalue weighted by molar-refractivity contribution is 6.02. The van der Waals surface area contributed by atoms with Crippen molar-refractivity contribution in [2.24, 2.45) is 0 Å². The van der Waals surface area contributed by atoms with Gasteiger partial charge in [0.1, 0.15) is 6.73 Å². The highest BCUT2D eigenvalue weighted by Gasteiger charge is 2.13. The quantitative estimate of drug-likeness (QED) is 0.545. The SMILES string of the molecule is c1ccc2c(CN3COCCOCCOCCOCCOCCO3)c3ccccc3cc2c1. The lowest BCUT2D eigenvalue weighted by Crippen LogP contribution is -2.29. The molecule has 1 fully saturated rings. The van der Waals surface area contributed by atoms with Crippen molar-refractivity contribution in [1.82, 2.24) is 5.06 Å². The maximum atomic E-state index is 6.07. The molecule has 1 saturated heterocycles. The highest BCUT2D eigenvalue weighted by Crippen LogP contribution is 2.29. The number of hydroxylamine groups is 2. The lowest BCUT2D eigenvalue weighted by molar-refractivity contribution is -0.223. The van der Waals surface area contributed by atoms with Crippen LogP contribution in [0.5, 0.6) is 0 Å². The average molecular weight is 456 g/mol. The molecular formula is C26H33NO6. The Bertz CT molecular complexity index is 909. The molecule has 1 aliphatic rings. The summed E-state index contributed by atoms with van der Waals surface area (Å²) in [5, 5.41) is 6.73. The molecule has 0 N–H and O–H groups in total. The van der Waals surface area contributed by atoms with Crippen molar-refractivity contribution in [3.05, 3.63) is 60.2 Å². The van der Waals surface area contributed by atoms with E-state index in [1.807, 2.05) is 5.06 Å². The van der Waals surface area contributed by atoms with E-state index in [2.05, 4.69) is 54.6 Å². The summed E-state index contributed by atoms with van der Waals surface area (Å²) >= 11 is 0. The average Bonchev–Trinajstić information content (AvgIpc) is 2.84. The van der Waals surface area contributed by atoms with Crippen LogP contribution in [-0.2, 0) is 35.1 Å². The van der Waals surface area contributed by atoms with Gasteiger partial charge in [-0.2, -0.15) is 5.06 Å². The highest BCUT2D eigenvalue weighted by atomic mass is 16.7. The Kier molecular flexibility index (Phi) is 9.88. The molecule has 1 aliphatic heterocycles. The first kappa shape index (κ1) is 24.0. The predicted molar refractivity (Wildman–Crippen MR) is 127 cm³/mol. The topological polar surface area (TPSA) is 58.6 Å². The van der Waals surface area contributed by atoms with E-state index in [0.717, 1.165) is 0 Å². The van der Waals surface area contributed by atoms with Gasteiger partial charge in [0.15, 0.2) is 0 Å². The van der Waals surface area contributed by atoms with Gasteiger partial charge in [-0.25, -0.2) is 0 Å². The van der Waals surface area contributed by atoms with Crippen molar-refractivity contribution in [1.29, 1.82) is 0 Å². The molecule has 33 heavy (non-hydrogen) atoms. The van der Waals surface area contributed by atoms with Gasteiger partial charge >= 0.3 is 0 Å². The van der Waals surface area contributed by atoms with E-state index >= 15 is 0 Å². The number of ether oxygens (including phenoxy) is 5. The first-order valence-corrected chi connectivity index (χ1v) is 11.6. The molecule has 3 aromatic carbocycles. The number of hydrogen-bond donors (Lipinski definition) is 0. The van der Waals surface area contributed by atoms with Crippen LogP contribution in [0, 0.1) is 0 Å². The third-order valence-electron chi connectivity index (χ3n) is 5.44. The maximum Gasteiger partial charge on any atom is 0.122 e. The van der Waals surface area contributed by atoms with Crippen molar-refractivity contribution >= 4 is 21.5 Å². The molecule has 0 bridgehead atoms. The van der Waals surface area contributed by atoms with Gasteiger partial charge in [-0.05, 0) is 33.2 Å². The zero-order valence-electron chi connectivity index (χ0n) is 19.1. The number of rotatable bonds is 2. The van der Waals surface area contributed by atoms with Crippen molar-refractivity contribution in [2.45, 2.75) is 6.54 Å². The standard InChI is InChI=1S/C26H33NO6/c1-3-7-24-22(5-1)19-23-6-2-4-8-25(23)26(24)20-27-21-32-16-15-30-12-11-28-9-10-29-13-14-31-17-18-33-27/h1-8,19H,9-18,20-21H2. The molecule has 7 heteroatoms. The van der Waals surface area contributed by atoms with Crippen molar-refractivity contribution in [2.75, 3.05) is 72.8 Å². The second kappa shape index (κ2) is 13.6. The summed E-state index contributed by atoms with van der Waals surface area (Å²) < 4.78 is 28.1. The minimum absolute atomic E-state index is 0.334. The summed E-state index contributed by atoms with van der Waals surface area (Å²) in [6.45, 7) is 6.09. The Morgan fingerprint density at radius 3 is 1.55 bits per heavy atom. The second-order valence-corrected chi connectivity index (χ2v) is 7.76. The van der Waals surface area contributed by atoms with Gasteiger partial charge in [0.2, 0.25) is 0 Å². The van der Waals surface area contributed by atoms with Crippen LogP contribution >= 0.6 is 0 Å². The molecule has 0 saturated carbocycles. The molecule has 0 atom stereocenters. The summed E-state index contributed by atoms with van der Waals surface area (Å²) in [5.74, 6) is 0. The smallest absolute Gasteiger partial charge is 0.122 e. The molecule has 0 aliphatic carbocycles. The van der Waals surface area contributed by atoms with Crippen LogP contribution in [0.4, 0.5) is 0 Å². The van der Waals surface area contributed by atoms with E-state index in [1.165, 1.54) is 27.1 Å². The van der Waals surface area contributed by atoms with E-state index in [1.54, 1.807) is 0 Å². The van der Waals surface area contributed by atoms with Gasteiger partial charge in [0.05, 0.1) is 72.6 Å². The van der Waals surface area contributed by atoms with Crippen LogP contribution in [0.1, 0.15) is 5.56 Å². The Balaban J connectivity index is 1.46. The van der Waals surface area contributed by atoms with Gasteiger partial charge in [-0.15, -0.1) is 0 Å². The van der Waals surface area contributed by atoms with Gasteiger partial charge < -0.3 is 23.7 Å². The zero-order chi connectivity index (χ0) is 22.6. The minimum atomic E-state index is 0.334. The summed E-state index contributed by atoms with van der Waals surface area (Å²) in [6, 6.07) is 19.2. The molecule has 0 unspecified atom stereocenters. The summed E-state index contributed by atoms with van der Waals surface area (Å²) in [6.07, 6.45) is 0. The van der Waals surface area contributed by atoms with Gasteiger partial charge in [-0.1, -0.05) is 48.5 Å². The van der Waals surface area contributed by atoms with Crippen molar-refractivity contribution in [3.8, 4) is 0 Å².